The van der Waals surface area contributed by atoms with E-state index in [0.29, 0.717) is 17.6 Å². The molecular weight excluding hydrogens is 336 g/mol. The molecule has 1 heterocycles. The molecule has 1 fully saturated rings. The van der Waals surface area contributed by atoms with Crippen LogP contribution in [0, 0.1) is 0 Å². The predicted molar refractivity (Wildman–Crippen MR) is 109 cm³/mol. The molecule has 1 saturated heterocycles. The van der Waals surface area contributed by atoms with Gasteiger partial charge in [-0.2, -0.15) is 0 Å². The molecule has 1 aliphatic heterocycles. The molecule has 0 aromatic heterocycles. The highest BCUT2D eigenvalue weighted by Crippen LogP contribution is 2.19. The van der Waals surface area contributed by atoms with Gasteiger partial charge in [0.1, 0.15) is 6.61 Å². The standard InChI is InChI=1S/C23H30N2O2/c1-18-14-24(16-21-8-10-22(11-9-21)23(27)17-26)15-19(2)25(18)13-12-20-6-4-3-5-7-20/h3-11,18-19,26H,12-17H2,1-2H3/t18-,19+. The average Bonchev–Trinajstić information content (AvgIpc) is 2.68. The highest BCUT2D eigenvalue weighted by atomic mass is 16.3. The summed E-state index contributed by atoms with van der Waals surface area (Å²) in [5.41, 5.74) is 3.19. The van der Waals surface area contributed by atoms with Gasteiger partial charge in [0.2, 0.25) is 0 Å². The fourth-order valence-corrected chi connectivity index (χ4v) is 4.08. The van der Waals surface area contributed by atoms with Crippen LogP contribution in [0.15, 0.2) is 54.6 Å². The highest BCUT2D eigenvalue weighted by Gasteiger charge is 2.28. The molecule has 0 radical (unpaired) electrons. The average molecular weight is 367 g/mol. The van der Waals surface area contributed by atoms with Crippen LogP contribution in [0.2, 0.25) is 0 Å². The maximum atomic E-state index is 11.5. The fraction of sp³-hybridized carbons (Fsp3) is 0.435. The predicted octanol–water partition coefficient (Wildman–Crippen LogP) is 3.00. The van der Waals surface area contributed by atoms with Crippen LogP contribution in [0.5, 0.6) is 0 Å². The van der Waals surface area contributed by atoms with Gasteiger partial charge in [-0.1, -0.05) is 54.6 Å². The van der Waals surface area contributed by atoms with E-state index in [9.17, 15) is 4.79 Å². The number of nitrogens with zero attached hydrogens (tertiary/aromatic N) is 2. The number of carbonyl (C=O) groups is 1. The molecule has 2 aromatic rings. The van der Waals surface area contributed by atoms with Gasteiger partial charge in [-0.25, -0.2) is 0 Å². The van der Waals surface area contributed by atoms with Gasteiger partial charge in [0, 0.05) is 43.8 Å². The van der Waals surface area contributed by atoms with E-state index in [1.165, 1.54) is 11.1 Å². The first-order chi connectivity index (χ1) is 13.1. The largest absolute Gasteiger partial charge is 0.388 e. The Bertz CT molecular complexity index is 718. The van der Waals surface area contributed by atoms with E-state index in [2.05, 4.69) is 54.0 Å². The minimum Gasteiger partial charge on any atom is -0.388 e. The zero-order valence-electron chi connectivity index (χ0n) is 16.3. The van der Waals surface area contributed by atoms with Gasteiger partial charge >= 0.3 is 0 Å². The van der Waals surface area contributed by atoms with Crippen molar-refractivity contribution >= 4 is 5.78 Å². The monoisotopic (exact) mass is 366 g/mol. The molecule has 1 aliphatic rings. The van der Waals surface area contributed by atoms with E-state index < -0.39 is 6.61 Å². The molecule has 1 N–H and O–H groups in total. The van der Waals surface area contributed by atoms with Gasteiger partial charge in [-0.05, 0) is 31.4 Å². The summed E-state index contributed by atoms with van der Waals surface area (Å²) in [6.07, 6.45) is 1.09. The molecule has 3 rings (SSSR count). The van der Waals surface area contributed by atoms with Crippen molar-refractivity contribution in [3.8, 4) is 0 Å². The van der Waals surface area contributed by atoms with Crippen LogP contribution in [0.4, 0.5) is 0 Å². The Kier molecular flexibility index (Phi) is 6.78. The zero-order chi connectivity index (χ0) is 19.2. The number of hydrogen-bond acceptors (Lipinski definition) is 4. The van der Waals surface area contributed by atoms with E-state index in [-0.39, 0.29) is 5.78 Å². The molecule has 4 nitrogen and oxygen atoms in total. The fourth-order valence-electron chi connectivity index (χ4n) is 4.08. The SMILES string of the molecule is C[C@@H]1CN(Cc2ccc(C(=O)CO)cc2)C[C@H](C)N1CCc1ccccc1. The van der Waals surface area contributed by atoms with E-state index in [0.717, 1.165) is 32.6 Å². The quantitative estimate of drug-likeness (QED) is 0.765. The summed E-state index contributed by atoms with van der Waals surface area (Å²) in [5.74, 6) is -0.226. The smallest absolute Gasteiger partial charge is 0.188 e. The van der Waals surface area contributed by atoms with Crippen LogP contribution < -0.4 is 0 Å². The van der Waals surface area contributed by atoms with Gasteiger partial charge < -0.3 is 5.11 Å². The van der Waals surface area contributed by atoms with E-state index in [1.54, 1.807) is 0 Å². The van der Waals surface area contributed by atoms with Gasteiger partial charge in [0.15, 0.2) is 5.78 Å². The van der Waals surface area contributed by atoms with Crippen molar-refractivity contribution in [2.45, 2.75) is 38.9 Å². The number of piperazine rings is 1. The maximum Gasteiger partial charge on any atom is 0.188 e. The summed E-state index contributed by atoms with van der Waals surface area (Å²) in [7, 11) is 0. The maximum absolute atomic E-state index is 11.5. The van der Waals surface area contributed by atoms with Crippen LogP contribution in [0.25, 0.3) is 0 Å². The van der Waals surface area contributed by atoms with E-state index in [4.69, 9.17) is 5.11 Å². The van der Waals surface area contributed by atoms with Crippen molar-refractivity contribution in [2.75, 3.05) is 26.2 Å². The van der Waals surface area contributed by atoms with E-state index >= 15 is 0 Å². The van der Waals surface area contributed by atoms with Crippen LogP contribution in [0.1, 0.15) is 35.3 Å². The Morgan fingerprint density at radius 3 is 2.19 bits per heavy atom. The second-order valence-electron chi connectivity index (χ2n) is 7.64. The third kappa shape index (κ3) is 5.25. The molecule has 4 heteroatoms. The first-order valence-electron chi connectivity index (χ1n) is 9.82. The van der Waals surface area contributed by atoms with Crippen molar-refractivity contribution in [2.24, 2.45) is 0 Å². The minimum absolute atomic E-state index is 0.226. The van der Waals surface area contributed by atoms with Gasteiger partial charge in [-0.15, -0.1) is 0 Å². The number of aliphatic hydroxyl groups excluding tert-OH is 1. The summed E-state index contributed by atoms with van der Waals surface area (Å²) in [4.78, 5) is 16.6. The Balaban J connectivity index is 1.54. The van der Waals surface area contributed by atoms with Crippen molar-refractivity contribution < 1.29 is 9.90 Å². The van der Waals surface area contributed by atoms with Crippen LogP contribution in [-0.4, -0.2) is 59.0 Å². The number of benzene rings is 2. The molecule has 2 atom stereocenters. The molecule has 0 spiro atoms. The second kappa shape index (κ2) is 9.27. The van der Waals surface area contributed by atoms with E-state index in [1.807, 2.05) is 24.3 Å². The molecule has 2 aromatic carbocycles. The van der Waals surface area contributed by atoms with Crippen molar-refractivity contribution in [1.82, 2.24) is 9.80 Å². The lowest BCUT2D eigenvalue weighted by Gasteiger charge is -2.44. The number of ketones is 1. The first-order valence-corrected chi connectivity index (χ1v) is 9.82. The molecule has 0 aliphatic carbocycles. The number of rotatable bonds is 7. The summed E-state index contributed by atoms with van der Waals surface area (Å²) in [6.45, 7) is 8.30. The number of hydrogen-bond donors (Lipinski definition) is 1. The lowest BCUT2D eigenvalue weighted by Crippen LogP contribution is -2.56. The Morgan fingerprint density at radius 2 is 1.59 bits per heavy atom. The molecule has 0 amide bonds. The molecule has 144 valence electrons. The zero-order valence-corrected chi connectivity index (χ0v) is 16.3. The van der Waals surface area contributed by atoms with Crippen molar-refractivity contribution in [3.63, 3.8) is 0 Å². The van der Waals surface area contributed by atoms with Gasteiger partial charge in [0.05, 0.1) is 0 Å². The molecule has 0 bridgehead atoms. The van der Waals surface area contributed by atoms with Gasteiger partial charge in [-0.3, -0.25) is 14.6 Å². The Hall–Kier alpha value is -2.01. The summed E-state index contributed by atoms with van der Waals surface area (Å²) in [5, 5.41) is 8.96. The molecular formula is C23H30N2O2. The summed E-state index contributed by atoms with van der Waals surface area (Å²) in [6, 6.07) is 19.4. The highest BCUT2D eigenvalue weighted by molar-refractivity contribution is 5.96. The molecule has 0 unspecified atom stereocenters. The third-order valence-electron chi connectivity index (χ3n) is 5.50. The summed E-state index contributed by atoms with van der Waals surface area (Å²) < 4.78 is 0. The normalized spacial score (nSPS) is 21.3. The van der Waals surface area contributed by atoms with Crippen LogP contribution >= 0.6 is 0 Å². The topological polar surface area (TPSA) is 43.8 Å². The first kappa shape index (κ1) is 19.7. The Morgan fingerprint density at radius 1 is 0.963 bits per heavy atom. The van der Waals surface area contributed by atoms with Crippen molar-refractivity contribution in [1.29, 1.82) is 0 Å². The molecule has 0 saturated carbocycles. The minimum atomic E-state index is -0.431. The van der Waals surface area contributed by atoms with Crippen molar-refractivity contribution in [3.05, 3.63) is 71.3 Å². The van der Waals surface area contributed by atoms with Crippen LogP contribution in [0.3, 0.4) is 0 Å². The Labute approximate surface area is 162 Å². The third-order valence-corrected chi connectivity index (χ3v) is 5.50. The number of carbonyl (C=O) groups excluding carboxylic acids is 1. The number of Topliss-reactive ketones (excluding diaryl/α,β-unsaturated/α-hetero) is 1. The lowest BCUT2D eigenvalue weighted by molar-refractivity contribution is 0.0359. The lowest BCUT2D eigenvalue weighted by atomic mass is 10.0. The number of aliphatic hydroxyl groups is 1. The van der Waals surface area contributed by atoms with Crippen LogP contribution in [-0.2, 0) is 13.0 Å². The summed E-state index contributed by atoms with van der Waals surface area (Å²) >= 11 is 0. The second-order valence-corrected chi connectivity index (χ2v) is 7.64. The van der Waals surface area contributed by atoms with Gasteiger partial charge in [0.25, 0.3) is 0 Å². The molecule has 27 heavy (non-hydrogen) atoms.